The Bertz CT molecular complexity index is 1170. The Morgan fingerprint density at radius 3 is 1.89 bits per heavy atom. The van der Waals surface area contributed by atoms with Crippen LogP contribution in [0.1, 0.15) is 34.3 Å². The summed E-state index contributed by atoms with van der Waals surface area (Å²) in [5.41, 5.74) is 17.1. The molecule has 0 bridgehead atoms. The molecular weight excluding hydrogens is 662 g/mol. The van der Waals surface area contributed by atoms with Crippen LogP contribution in [0.25, 0.3) is 0 Å². The first-order chi connectivity index (χ1) is 20.0. The van der Waals surface area contributed by atoms with E-state index in [9.17, 15) is 32.3 Å². The van der Waals surface area contributed by atoms with Crippen molar-refractivity contribution in [2.45, 2.75) is 37.5 Å². The van der Waals surface area contributed by atoms with Gasteiger partial charge in [0.1, 0.15) is 6.04 Å². The summed E-state index contributed by atoms with van der Waals surface area (Å²) in [5, 5.41) is 7.76. The topological polar surface area (TPSA) is 186 Å². The van der Waals surface area contributed by atoms with Crippen molar-refractivity contribution in [1.82, 2.24) is 20.9 Å². The van der Waals surface area contributed by atoms with E-state index in [1.165, 1.54) is 4.90 Å². The Balaban J connectivity index is 0. The highest BCUT2D eigenvalue weighted by Crippen LogP contribution is 2.29. The van der Waals surface area contributed by atoms with Crippen molar-refractivity contribution in [1.29, 1.82) is 0 Å². The number of hydrogen-bond donors (Lipinski definition) is 6. The second-order valence-electron chi connectivity index (χ2n) is 9.48. The van der Waals surface area contributed by atoms with E-state index >= 15 is 0 Å². The molecule has 4 amide bonds. The molecular formula is C28H41Cl3F3N7O4. The van der Waals surface area contributed by atoms with Crippen molar-refractivity contribution in [3.8, 4) is 0 Å². The summed E-state index contributed by atoms with van der Waals surface area (Å²) in [5.74, 6) is -2.22. The van der Waals surface area contributed by atoms with Crippen molar-refractivity contribution in [3.05, 3.63) is 71.3 Å². The van der Waals surface area contributed by atoms with Crippen LogP contribution in [0.5, 0.6) is 0 Å². The first-order valence-corrected chi connectivity index (χ1v) is 13.5. The van der Waals surface area contributed by atoms with Crippen LogP contribution in [-0.4, -0.2) is 79.9 Å². The van der Waals surface area contributed by atoms with Gasteiger partial charge in [-0.15, -0.1) is 37.2 Å². The number of nitrogens with two attached hydrogens (primary N) is 3. The van der Waals surface area contributed by atoms with Gasteiger partial charge in [0.25, 0.3) is 5.91 Å². The Morgan fingerprint density at radius 2 is 1.36 bits per heavy atom. The number of hydrogen-bond acceptors (Lipinski definition) is 7. The minimum Gasteiger partial charge on any atom is -0.353 e. The highest BCUT2D eigenvalue weighted by Gasteiger charge is 2.30. The third-order valence-electron chi connectivity index (χ3n) is 6.26. The van der Waals surface area contributed by atoms with Gasteiger partial charge in [0, 0.05) is 44.8 Å². The van der Waals surface area contributed by atoms with Gasteiger partial charge in [-0.2, -0.15) is 13.2 Å². The Kier molecular flexibility index (Phi) is 21.9. The number of rotatable bonds is 16. The highest BCUT2D eigenvalue weighted by atomic mass is 35.5. The lowest BCUT2D eigenvalue weighted by atomic mass is 10.0. The number of carbonyl (C=O) groups excluding carboxylic acids is 4. The maximum Gasteiger partial charge on any atom is 0.416 e. The molecule has 17 heteroatoms. The number of amides is 4. The zero-order valence-electron chi connectivity index (χ0n) is 24.4. The molecule has 2 aromatic rings. The molecule has 0 saturated heterocycles. The number of halogens is 6. The molecule has 0 aliphatic carbocycles. The summed E-state index contributed by atoms with van der Waals surface area (Å²) < 4.78 is 38.2. The molecule has 0 radical (unpaired) electrons. The molecule has 11 nitrogen and oxygen atoms in total. The van der Waals surface area contributed by atoms with Crippen LogP contribution in [0.3, 0.4) is 0 Å². The molecule has 2 aromatic carbocycles. The average molecular weight is 703 g/mol. The lowest BCUT2D eigenvalue weighted by Gasteiger charge is -2.24. The van der Waals surface area contributed by atoms with E-state index in [2.05, 4.69) is 16.0 Å². The van der Waals surface area contributed by atoms with Crippen LogP contribution in [0, 0.1) is 0 Å². The van der Waals surface area contributed by atoms with Gasteiger partial charge in [-0.3, -0.25) is 19.2 Å². The number of aryl methyl sites for hydroxylation is 1. The quantitative estimate of drug-likeness (QED) is 0.143. The normalized spacial score (nSPS) is 11.8. The molecule has 45 heavy (non-hydrogen) atoms. The second kappa shape index (κ2) is 22.4. The number of benzene rings is 2. The fourth-order valence-electron chi connectivity index (χ4n) is 3.98. The molecule has 2 atom stereocenters. The van der Waals surface area contributed by atoms with Crippen LogP contribution in [0.2, 0.25) is 0 Å². The molecule has 0 fully saturated rings. The predicted molar refractivity (Wildman–Crippen MR) is 173 cm³/mol. The molecule has 254 valence electrons. The van der Waals surface area contributed by atoms with E-state index in [1.54, 1.807) is 0 Å². The van der Waals surface area contributed by atoms with Gasteiger partial charge in [-0.05, 0) is 42.7 Å². The third kappa shape index (κ3) is 15.6. The first-order valence-electron chi connectivity index (χ1n) is 13.5. The summed E-state index contributed by atoms with van der Waals surface area (Å²) in [6, 6.07) is 10.8. The van der Waals surface area contributed by atoms with Gasteiger partial charge in [0.2, 0.25) is 17.7 Å². The molecule has 0 spiro atoms. The smallest absolute Gasteiger partial charge is 0.353 e. The Labute approximate surface area is 278 Å². The summed E-state index contributed by atoms with van der Waals surface area (Å²) in [7, 11) is 0. The van der Waals surface area contributed by atoms with E-state index in [0.717, 1.165) is 29.8 Å². The van der Waals surface area contributed by atoms with Crippen molar-refractivity contribution in [2.75, 3.05) is 39.3 Å². The lowest BCUT2D eigenvalue weighted by Crippen LogP contribution is -2.53. The molecule has 0 unspecified atom stereocenters. The van der Waals surface area contributed by atoms with Crippen molar-refractivity contribution in [3.63, 3.8) is 0 Å². The number of alkyl halides is 3. The highest BCUT2D eigenvalue weighted by molar-refractivity contribution is 5.94. The maximum absolute atomic E-state index is 13.0. The summed E-state index contributed by atoms with van der Waals surface area (Å²) in [6.45, 7) is 0.945. The second-order valence-corrected chi connectivity index (χ2v) is 9.48. The van der Waals surface area contributed by atoms with Gasteiger partial charge in [0.05, 0.1) is 18.0 Å². The van der Waals surface area contributed by atoms with Gasteiger partial charge in [-0.1, -0.05) is 30.3 Å². The van der Waals surface area contributed by atoms with Crippen LogP contribution in [0.4, 0.5) is 13.2 Å². The van der Waals surface area contributed by atoms with Crippen LogP contribution < -0.4 is 33.2 Å². The summed E-state index contributed by atoms with van der Waals surface area (Å²) in [6.07, 6.45) is -4.12. The van der Waals surface area contributed by atoms with Crippen molar-refractivity contribution in [2.24, 2.45) is 17.2 Å². The standard InChI is InChI=1S/C28H38F3N7O4.3ClH/c29-28(30,31)21-9-7-20(8-10-21)25(40)35-14-15-36-27(42)23(11-6-19-4-2-1-3-5-19)37-26(41)22(34)18-24(39)38(16-12-32)17-13-33;;;/h1-5,7-10,22-23H,6,11-18,32-34H2,(H,35,40)(H,36,42)(H,37,41);3*1H/t22-,23-;;;/m0.../s1. The van der Waals surface area contributed by atoms with Crippen LogP contribution in [0.15, 0.2) is 54.6 Å². The monoisotopic (exact) mass is 701 g/mol. The van der Waals surface area contributed by atoms with Gasteiger partial charge >= 0.3 is 6.18 Å². The molecule has 0 saturated carbocycles. The fraction of sp³-hybridized carbons (Fsp3) is 0.429. The third-order valence-corrected chi connectivity index (χ3v) is 6.26. The van der Waals surface area contributed by atoms with Gasteiger partial charge in [0.15, 0.2) is 0 Å². The summed E-state index contributed by atoms with van der Waals surface area (Å²) >= 11 is 0. The Hall–Kier alpha value is -3.14. The summed E-state index contributed by atoms with van der Waals surface area (Å²) in [4.78, 5) is 52.1. The van der Waals surface area contributed by atoms with E-state index in [1.807, 2.05) is 30.3 Å². The molecule has 2 rings (SSSR count). The van der Waals surface area contributed by atoms with Crippen molar-refractivity contribution < 1.29 is 32.3 Å². The minimum atomic E-state index is -4.51. The molecule has 0 aliphatic rings. The lowest BCUT2D eigenvalue weighted by molar-refractivity contribution is -0.137. The molecule has 0 heterocycles. The Morgan fingerprint density at radius 1 is 0.800 bits per heavy atom. The molecule has 9 N–H and O–H groups in total. The average Bonchev–Trinajstić information content (AvgIpc) is 2.97. The number of carbonyl (C=O) groups is 4. The molecule has 0 aromatic heterocycles. The largest absolute Gasteiger partial charge is 0.416 e. The van der Waals surface area contributed by atoms with E-state index in [0.29, 0.717) is 6.42 Å². The van der Waals surface area contributed by atoms with E-state index < -0.39 is 41.5 Å². The minimum absolute atomic E-state index is 0. The van der Waals surface area contributed by atoms with Gasteiger partial charge < -0.3 is 38.1 Å². The van der Waals surface area contributed by atoms with E-state index in [4.69, 9.17) is 17.2 Å². The van der Waals surface area contributed by atoms with Crippen LogP contribution >= 0.6 is 37.2 Å². The number of nitrogens with zero attached hydrogens (tertiary/aromatic N) is 1. The first kappa shape index (κ1) is 44.0. The predicted octanol–water partition coefficient (Wildman–Crippen LogP) is 1.40. The number of nitrogens with one attached hydrogen (secondary N) is 3. The van der Waals surface area contributed by atoms with E-state index in [-0.39, 0.29) is 101 Å². The SMILES string of the molecule is Cl.Cl.Cl.NCCN(CCN)C(=O)C[C@H](N)C(=O)N[C@@H](CCc1ccccc1)C(=O)NCCNC(=O)c1ccc(C(F)(F)F)cc1. The van der Waals surface area contributed by atoms with Crippen LogP contribution in [-0.2, 0) is 27.0 Å². The molecule has 0 aliphatic heterocycles. The maximum atomic E-state index is 13.0. The van der Waals surface area contributed by atoms with Crippen molar-refractivity contribution >= 4 is 60.8 Å². The zero-order valence-corrected chi connectivity index (χ0v) is 26.8. The van der Waals surface area contributed by atoms with Gasteiger partial charge in [-0.25, -0.2) is 0 Å². The fourth-order valence-corrected chi connectivity index (χ4v) is 3.98. The zero-order chi connectivity index (χ0) is 31.1.